The summed E-state index contributed by atoms with van der Waals surface area (Å²) in [5.41, 5.74) is 6.45. The molecule has 3 rings (SSSR count). The Balaban J connectivity index is 1.54. The molecule has 0 spiro atoms. The fraction of sp³-hybridized carbons (Fsp3) is 0.471. The Labute approximate surface area is 145 Å². The van der Waals surface area contributed by atoms with Crippen LogP contribution in [0.1, 0.15) is 19.8 Å². The van der Waals surface area contributed by atoms with Gasteiger partial charge >= 0.3 is 0 Å². The van der Waals surface area contributed by atoms with Crippen LogP contribution < -0.4 is 21.1 Å². The smallest absolute Gasteiger partial charge is 0.265 e. The summed E-state index contributed by atoms with van der Waals surface area (Å²) in [6, 6.07) is 5.13. The van der Waals surface area contributed by atoms with Crippen LogP contribution in [0.5, 0.6) is 5.75 Å². The average molecular weight is 346 g/mol. The molecule has 0 bridgehead atoms. The standard InChI is InChI=1S/C17H22N4O4/c1-10-17(24)20-13-8-12(2-3-14(13)25-10)19-15(22)9-21-6-4-11(5-7-21)16(18)23/h2-3,8,10-11H,4-7,9H2,1H3,(H2,18,23)(H,19,22)(H,20,24)/t10-/m1/s1. The van der Waals surface area contributed by atoms with Crippen molar-refractivity contribution >= 4 is 29.1 Å². The molecule has 2 aliphatic rings. The zero-order chi connectivity index (χ0) is 18.0. The molecule has 0 aromatic heterocycles. The predicted molar refractivity (Wildman–Crippen MR) is 92.1 cm³/mol. The highest BCUT2D eigenvalue weighted by molar-refractivity contribution is 5.99. The van der Waals surface area contributed by atoms with Gasteiger partial charge in [0.05, 0.1) is 12.2 Å². The molecule has 2 heterocycles. The van der Waals surface area contributed by atoms with Crippen molar-refractivity contribution in [3.05, 3.63) is 18.2 Å². The monoisotopic (exact) mass is 346 g/mol. The van der Waals surface area contributed by atoms with E-state index in [9.17, 15) is 14.4 Å². The summed E-state index contributed by atoms with van der Waals surface area (Å²) in [6.07, 6.45) is 0.836. The fourth-order valence-electron chi connectivity index (χ4n) is 3.07. The number of nitrogens with one attached hydrogen (secondary N) is 2. The number of rotatable bonds is 4. The molecule has 8 nitrogen and oxygen atoms in total. The molecule has 1 aromatic carbocycles. The lowest BCUT2D eigenvalue weighted by Crippen LogP contribution is -2.42. The number of anilines is 2. The summed E-state index contributed by atoms with van der Waals surface area (Å²) in [5, 5.41) is 5.57. The summed E-state index contributed by atoms with van der Waals surface area (Å²) in [6.45, 7) is 3.28. The van der Waals surface area contributed by atoms with Gasteiger partial charge in [-0.2, -0.15) is 0 Å². The molecule has 134 valence electrons. The number of hydrogen-bond acceptors (Lipinski definition) is 5. The molecular formula is C17H22N4O4. The first kappa shape index (κ1) is 17.2. The number of ether oxygens (including phenoxy) is 1. The highest BCUT2D eigenvalue weighted by Crippen LogP contribution is 2.32. The van der Waals surface area contributed by atoms with Gasteiger partial charge in [0.2, 0.25) is 11.8 Å². The number of nitrogens with two attached hydrogens (primary N) is 1. The third kappa shape index (κ3) is 4.08. The van der Waals surface area contributed by atoms with Gasteiger partial charge in [-0.1, -0.05) is 0 Å². The molecule has 1 saturated heterocycles. The second-order valence-electron chi connectivity index (χ2n) is 6.46. The van der Waals surface area contributed by atoms with Crippen molar-refractivity contribution in [2.45, 2.75) is 25.9 Å². The highest BCUT2D eigenvalue weighted by Gasteiger charge is 2.25. The molecule has 0 aliphatic carbocycles. The molecule has 3 amide bonds. The number of benzene rings is 1. The molecule has 1 aromatic rings. The van der Waals surface area contributed by atoms with Crippen LogP contribution in [0.15, 0.2) is 18.2 Å². The second-order valence-corrected chi connectivity index (χ2v) is 6.46. The van der Waals surface area contributed by atoms with Crippen molar-refractivity contribution in [1.29, 1.82) is 0 Å². The normalized spacial score (nSPS) is 21.0. The van der Waals surface area contributed by atoms with Crippen LogP contribution in [0.3, 0.4) is 0 Å². The zero-order valence-electron chi connectivity index (χ0n) is 14.1. The minimum absolute atomic E-state index is 0.0917. The highest BCUT2D eigenvalue weighted by atomic mass is 16.5. The maximum absolute atomic E-state index is 12.2. The average Bonchev–Trinajstić information content (AvgIpc) is 2.56. The Kier molecular flexibility index (Phi) is 4.89. The lowest BCUT2D eigenvalue weighted by molar-refractivity contribution is -0.124. The van der Waals surface area contributed by atoms with Crippen LogP contribution >= 0.6 is 0 Å². The SMILES string of the molecule is C[C@H]1Oc2ccc(NC(=O)CN3CCC(C(N)=O)CC3)cc2NC1=O. The molecule has 0 unspecified atom stereocenters. The maximum Gasteiger partial charge on any atom is 0.265 e. The lowest BCUT2D eigenvalue weighted by atomic mass is 9.96. The topological polar surface area (TPSA) is 114 Å². The molecular weight excluding hydrogens is 324 g/mol. The predicted octanol–water partition coefficient (Wildman–Crippen LogP) is 0.542. The van der Waals surface area contributed by atoms with Gasteiger partial charge in [-0.3, -0.25) is 19.3 Å². The summed E-state index contributed by atoms with van der Waals surface area (Å²) >= 11 is 0. The van der Waals surface area contributed by atoms with Crippen molar-refractivity contribution in [3.8, 4) is 5.75 Å². The summed E-state index contributed by atoms with van der Waals surface area (Å²) in [7, 11) is 0. The largest absolute Gasteiger partial charge is 0.479 e. The number of primary amides is 1. The third-order valence-corrected chi connectivity index (χ3v) is 4.55. The number of carbonyl (C=O) groups is 3. The molecule has 8 heteroatoms. The first-order valence-corrected chi connectivity index (χ1v) is 8.35. The zero-order valence-corrected chi connectivity index (χ0v) is 14.1. The summed E-state index contributed by atoms with van der Waals surface area (Å²) in [5.74, 6) is -0.136. The molecule has 1 atom stereocenters. The third-order valence-electron chi connectivity index (χ3n) is 4.55. The van der Waals surface area contributed by atoms with Crippen molar-refractivity contribution in [2.24, 2.45) is 11.7 Å². The van der Waals surface area contributed by atoms with Gasteiger partial charge in [0, 0.05) is 11.6 Å². The van der Waals surface area contributed by atoms with Gasteiger partial charge in [-0.25, -0.2) is 0 Å². The quantitative estimate of drug-likeness (QED) is 0.736. The van der Waals surface area contributed by atoms with E-state index < -0.39 is 6.10 Å². The van der Waals surface area contributed by atoms with Crippen LogP contribution in [-0.2, 0) is 14.4 Å². The molecule has 0 radical (unpaired) electrons. The van der Waals surface area contributed by atoms with Crippen molar-refractivity contribution < 1.29 is 19.1 Å². The number of piperidine rings is 1. The number of fused-ring (bicyclic) bond motifs is 1. The molecule has 4 N–H and O–H groups in total. The fourth-order valence-corrected chi connectivity index (χ4v) is 3.07. The van der Waals surface area contributed by atoms with E-state index in [2.05, 4.69) is 10.6 Å². The van der Waals surface area contributed by atoms with Gasteiger partial charge in [-0.15, -0.1) is 0 Å². The number of hydrogen-bond donors (Lipinski definition) is 3. The van der Waals surface area contributed by atoms with Gasteiger partial charge in [-0.05, 0) is 51.1 Å². The van der Waals surface area contributed by atoms with Gasteiger partial charge in [0.1, 0.15) is 5.75 Å². The van der Waals surface area contributed by atoms with Gasteiger partial charge < -0.3 is 21.1 Å². The van der Waals surface area contributed by atoms with Crippen LogP contribution in [0, 0.1) is 5.92 Å². The number of nitrogens with zero attached hydrogens (tertiary/aromatic N) is 1. The van der Waals surface area contributed by atoms with E-state index in [1.165, 1.54) is 0 Å². The Morgan fingerprint density at radius 1 is 1.36 bits per heavy atom. The molecule has 0 saturated carbocycles. The Morgan fingerprint density at radius 2 is 2.08 bits per heavy atom. The molecule has 25 heavy (non-hydrogen) atoms. The van der Waals surface area contributed by atoms with Crippen LogP contribution in [-0.4, -0.2) is 48.4 Å². The van der Waals surface area contributed by atoms with E-state index >= 15 is 0 Å². The summed E-state index contributed by atoms with van der Waals surface area (Å²) < 4.78 is 5.48. The van der Waals surface area contributed by atoms with Gasteiger partial charge in [0.15, 0.2) is 6.10 Å². The van der Waals surface area contributed by atoms with Crippen LogP contribution in [0.4, 0.5) is 11.4 Å². The van der Waals surface area contributed by atoms with Gasteiger partial charge in [0.25, 0.3) is 5.91 Å². The van der Waals surface area contributed by atoms with E-state index in [0.29, 0.717) is 43.1 Å². The van der Waals surface area contributed by atoms with Crippen LogP contribution in [0.25, 0.3) is 0 Å². The molecule has 2 aliphatic heterocycles. The van der Waals surface area contributed by atoms with E-state index in [4.69, 9.17) is 10.5 Å². The Bertz CT molecular complexity index is 698. The van der Waals surface area contributed by atoms with E-state index in [-0.39, 0.29) is 30.2 Å². The Morgan fingerprint density at radius 3 is 2.76 bits per heavy atom. The van der Waals surface area contributed by atoms with Crippen molar-refractivity contribution in [1.82, 2.24) is 4.90 Å². The number of amides is 3. The first-order valence-electron chi connectivity index (χ1n) is 8.35. The number of likely N-dealkylation sites (tertiary alicyclic amines) is 1. The lowest BCUT2D eigenvalue weighted by Gasteiger charge is -2.29. The molecule has 1 fully saturated rings. The number of carbonyl (C=O) groups excluding carboxylic acids is 3. The maximum atomic E-state index is 12.2. The van der Waals surface area contributed by atoms with E-state index in [0.717, 1.165) is 0 Å². The summed E-state index contributed by atoms with van der Waals surface area (Å²) in [4.78, 5) is 37.1. The second kappa shape index (κ2) is 7.10. The van der Waals surface area contributed by atoms with Crippen LogP contribution in [0.2, 0.25) is 0 Å². The Hall–Kier alpha value is -2.61. The minimum Gasteiger partial charge on any atom is -0.479 e. The van der Waals surface area contributed by atoms with Crippen molar-refractivity contribution in [2.75, 3.05) is 30.3 Å². The van der Waals surface area contributed by atoms with E-state index in [1.54, 1.807) is 25.1 Å². The van der Waals surface area contributed by atoms with E-state index in [1.807, 2.05) is 4.90 Å². The van der Waals surface area contributed by atoms with Crippen molar-refractivity contribution in [3.63, 3.8) is 0 Å². The first-order chi connectivity index (χ1) is 11.9. The minimum atomic E-state index is -0.531.